The van der Waals surface area contributed by atoms with E-state index < -0.39 is 78.5 Å². The maximum absolute atomic E-state index is 11.9. The van der Waals surface area contributed by atoms with Gasteiger partial charge < -0.3 is 10.8 Å². The molecule has 0 aliphatic heterocycles. The smallest absolute Gasteiger partial charge is 0.298 e. The number of phenols is 1. The number of phenolic OH excluding ortho intramolecular Hbond substituents is 1. The van der Waals surface area contributed by atoms with E-state index in [9.17, 15) is 54.1 Å². The van der Waals surface area contributed by atoms with Gasteiger partial charge in [0.25, 0.3) is 36.0 Å². The molecular formula is C16H12N4O12S3. The van der Waals surface area contributed by atoms with E-state index in [0.29, 0.717) is 12.1 Å². The van der Waals surface area contributed by atoms with Crippen molar-refractivity contribution < 1.29 is 48.9 Å². The van der Waals surface area contributed by atoms with Crippen LogP contribution in [0.15, 0.2) is 61.3 Å². The van der Waals surface area contributed by atoms with Crippen LogP contribution in [0, 0.1) is 10.1 Å². The summed E-state index contributed by atoms with van der Waals surface area (Å²) in [5.41, 5.74) is 2.81. The van der Waals surface area contributed by atoms with Gasteiger partial charge in [0.05, 0.1) is 15.5 Å². The molecule has 35 heavy (non-hydrogen) atoms. The Morgan fingerprint density at radius 3 is 1.94 bits per heavy atom. The predicted octanol–water partition coefficient (Wildman–Crippen LogP) is 2.19. The first-order valence-electron chi connectivity index (χ1n) is 8.63. The molecule has 16 nitrogen and oxygen atoms in total. The Bertz CT molecular complexity index is 1770. The molecule has 0 fully saturated rings. The van der Waals surface area contributed by atoms with Crippen molar-refractivity contribution in [3.63, 3.8) is 0 Å². The number of fused-ring (bicyclic) bond motifs is 1. The molecule has 0 heterocycles. The zero-order valence-corrected chi connectivity index (χ0v) is 19.1. The first kappa shape index (κ1) is 25.9. The molecule has 3 rings (SSSR count). The molecule has 0 aromatic heterocycles. The van der Waals surface area contributed by atoms with Crippen molar-refractivity contribution in [3.05, 3.63) is 46.5 Å². The lowest BCUT2D eigenvalue weighted by atomic mass is 10.1. The van der Waals surface area contributed by atoms with Gasteiger partial charge in [0, 0.05) is 17.5 Å². The minimum Gasteiger partial charge on any atom is -0.504 e. The summed E-state index contributed by atoms with van der Waals surface area (Å²) in [7, 11) is -15.0. The first-order chi connectivity index (χ1) is 15.9. The van der Waals surface area contributed by atoms with Crippen molar-refractivity contribution in [2.24, 2.45) is 10.2 Å². The third-order valence-electron chi connectivity index (χ3n) is 4.45. The van der Waals surface area contributed by atoms with Gasteiger partial charge in [-0.05, 0) is 23.6 Å². The topological polar surface area (TPSA) is 277 Å². The number of rotatable bonds is 6. The molecule has 3 aromatic carbocycles. The summed E-state index contributed by atoms with van der Waals surface area (Å²) in [5, 5.41) is 27.9. The summed E-state index contributed by atoms with van der Waals surface area (Å²) in [6.07, 6.45) is 0. The number of anilines is 1. The minimum absolute atomic E-state index is 0.0272. The van der Waals surface area contributed by atoms with Crippen LogP contribution in [0.5, 0.6) is 5.75 Å². The number of azo groups is 1. The van der Waals surface area contributed by atoms with Gasteiger partial charge in [0.2, 0.25) is 0 Å². The highest BCUT2D eigenvalue weighted by molar-refractivity contribution is 7.86. The number of hydrogen-bond donors (Lipinski definition) is 5. The second-order valence-corrected chi connectivity index (χ2v) is 10.9. The molecule has 19 heteroatoms. The van der Waals surface area contributed by atoms with Crippen LogP contribution in [-0.4, -0.2) is 48.9 Å². The van der Waals surface area contributed by atoms with Gasteiger partial charge in [0.15, 0.2) is 5.75 Å². The van der Waals surface area contributed by atoms with Gasteiger partial charge >= 0.3 is 0 Å². The van der Waals surface area contributed by atoms with Crippen LogP contribution >= 0.6 is 0 Å². The second-order valence-electron chi connectivity index (χ2n) is 6.71. The zero-order valence-electron chi connectivity index (χ0n) is 16.7. The minimum atomic E-state index is -5.17. The van der Waals surface area contributed by atoms with Crippen molar-refractivity contribution in [2.75, 3.05) is 5.73 Å². The number of nitrogen functional groups attached to an aromatic ring is 1. The molecule has 0 saturated heterocycles. The Morgan fingerprint density at radius 2 is 1.43 bits per heavy atom. The van der Waals surface area contributed by atoms with Crippen LogP contribution in [0.3, 0.4) is 0 Å². The summed E-state index contributed by atoms with van der Waals surface area (Å²) in [4.78, 5) is 7.08. The van der Waals surface area contributed by atoms with Crippen molar-refractivity contribution >= 4 is 63.9 Å². The summed E-state index contributed by atoms with van der Waals surface area (Å²) < 4.78 is 97.5. The maximum atomic E-state index is 11.9. The van der Waals surface area contributed by atoms with Crippen LogP contribution in [0.25, 0.3) is 10.8 Å². The Hall–Kier alpha value is -3.75. The normalized spacial score (nSPS) is 12.9. The Balaban J connectivity index is 2.34. The number of nitro benzene ring substituents is 1. The zero-order chi connectivity index (χ0) is 26.5. The molecule has 0 aliphatic rings. The lowest BCUT2D eigenvalue weighted by Crippen LogP contribution is -2.03. The van der Waals surface area contributed by atoms with Gasteiger partial charge in [-0.1, -0.05) is 6.07 Å². The number of nitrogens with two attached hydrogens (primary N) is 1. The second kappa shape index (κ2) is 8.48. The van der Waals surface area contributed by atoms with Crippen LogP contribution in [-0.2, 0) is 30.4 Å². The molecule has 0 amide bonds. The first-order valence-corrected chi connectivity index (χ1v) is 12.9. The van der Waals surface area contributed by atoms with Crippen molar-refractivity contribution in [3.8, 4) is 5.75 Å². The number of nitro groups is 1. The van der Waals surface area contributed by atoms with Gasteiger partial charge in [0.1, 0.15) is 21.2 Å². The van der Waals surface area contributed by atoms with E-state index in [1.807, 2.05) is 0 Å². The lowest BCUT2D eigenvalue weighted by Gasteiger charge is -2.11. The molecular weight excluding hydrogens is 536 g/mol. The summed E-state index contributed by atoms with van der Waals surface area (Å²) >= 11 is 0. The van der Waals surface area contributed by atoms with Crippen molar-refractivity contribution in [1.82, 2.24) is 0 Å². The van der Waals surface area contributed by atoms with Crippen LogP contribution in [0.2, 0.25) is 0 Å². The average Bonchev–Trinajstić information content (AvgIpc) is 2.71. The molecule has 6 N–H and O–H groups in total. The molecule has 0 aliphatic carbocycles. The van der Waals surface area contributed by atoms with Gasteiger partial charge in [-0.25, -0.2) is 0 Å². The molecule has 0 spiro atoms. The molecule has 3 aromatic rings. The molecule has 186 valence electrons. The van der Waals surface area contributed by atoms with Crippen molar-refractivity contribution in [1.29, 1.82) is 0 Å². The standard InChI is InChI=1S/C16H12N4O12S3/c17-14-10-2-1-9(33(24,25)26)3-7(10)4-12(34(27,28)29)15(14)19-18-11-5-8(20(22)23)6-13(16(11)21)35(30,31)32/h1-6,21H,17H2,(H,24,25,26)(H,27,28,29)(H,30,31,32). The largest absolute Gasteiger partial charge is 0.504 e. The lowest BCUT2D eigenvalue weighted by molar-refractivity contribution is -0.385. The fourth-order valence-electron chi connectivity index (χ4n) is 2.90. The fourth-order valence-corrected chi connectivity index (χ4v) is 4.70. The SMILES string of the molecule is Nc1c(N=Nc2cc([N+](=O)[O-])cc(S(=O)(=O)O)c2O)c(S(=O)(=O)O)cc2cc(S(=O)(=O)O)ccc12. The maximum Gasteiger partial charge on any atom is 0.298 e. The Morgan fingerprint density at radius 1 is 0.829 bits per heavy atom. The molecule has 0 unspecified atom stereocenters. The quantitative estimate of drug-likeness (QED) is 0.0971. The summed E-state index contributed by atoms with van der Waals surface area (Å²) in [5.74, 6) is -1.27. The van der Waals surface area contributed by atoms with E-state index in [4.69, 9.17) is 5.73 Å². The van der Waals surface area contributed by atoms with Crippen molar-refractivity contribution in [2.45, 2.75) is 14.7 Å². The van der Waals surface area contributed by atoms with Gasteiger partial charge in [-0.3, -0.25) is 23.8 Å². The summed E-state index contributed by atoms with van der Waals surface area (Å²) in [6, 6.07) is 4.47. The van der Waals surface area contributed by atoms with Gasteiger partial charge in [-0.15, -0.1) is 10.2 Å². The van der Waals surface area contributed by atoms with E-state index >= 15 is 0 Å². The molecule has 0 atom stereocenters. The Kier molecular flexibility index (Phi) is 6.27. The molecule has 0 saturated carbocycles. The van der Waals surface area contributed by atoms with E-state index in [1.165, 1.54) is 0 Å². The molecule has 0 bridgehead atoms. The average molecular weight is 548 g/mol. The highest BCUT2D eigenvalue weighted by atomic mass is 32.2. The van der Waals surface area contributed by atoms with Crippen LogP contribution < -0.4 is 5.73 Å². The van der Waals surface area contributed by atoms with E-state index in [0.717, 1.165) is 24.3 Å². The highest BCUT2D eigenvalue weighted by Crippen LogP contribution is 2.42. The third-order valence-corrected chi connectivity index (χ3v) is 7.03. The number of nitrogens with zero attached hydrogens (tertiary/aromatic N) is 3. The predicted molar refractivity (Wildman–Crippen MR) is 117 cm³/mol. The third kappa shape index (κ3) is 5.18. The van der Waals surface area contributed by atoms with Gasteiger partial charge in [-0.2, -0.15) is 25.3 Å². The Labute approximate surface area is 195 Å². The monoisotopic (exact) mass is 548 g/mol. The fraction of sp³-hybridized carbons (Fsp3) is 0. The number of benzene rings is 3. The number of hydrogen-bond acceptors (Lipinski definition) is 12. The van der Waals surface area contributed by atoms with Crippen LogP contribution in [0.1, 0.15) is 0 Å². The number of aromatic hydroxyl groups is 1. The van der Waals surface area contributed by atoms with E-state index in [1.54, 1.807) is 0 Å². The van der Waals surface area contributed by atoms with E-state index in [-0.39, 0.29) is 10.8 Å². The van der Waals surface area contributed by atoms with Crippen LogP contribution in [0.4, 0.5) is 22.7 Å². The molecule has 0 radical (unpaired) electrons. The number of non-ortho nitro benzene ring substituents is 1. The summed E-state index contributed by atoms with van der Waals surface area (Å²) in [6.45, 7) is 0. The highest BCUT2D eigenvalue weighted by Gasteiger charge is 2.25. The van der Waals surface area contributed by atoms with E-state index in [2.05, 4.69) is 10.2 Å².